The van der Waals surface area contributed by atoms with Crippen molar-refractivity contribution in [3.63, 3.8) is 0 Å². The number of pyridine rings is 2. The largest absolute Gasteiger partial charge is 0.505 e. The molecule has 2 aromatic heterocycles. The first-order chi connectivity index (χ1) is 16.0. The van der Waals surface area contributed by atoms with Crippen LogP contribution in [0.5, 0.6) is 5.75 Å². The van der Waals surface area contributed by atoms with Gasteiger partial charge in [-0.3, -0.25) is 14.4 Å². The molecular weight excluding hydrogens is 420 g/mol. The Morgan fingerprint density at radius 1 is 1.03 bits per heavy atom. The number of amides is 2. The second-order valence-electron chi connectivity index (χ2n) is 7.53. The quantitative estimate of drug-likeness (QED) is 0.405. The number of aromatic hydroxyl groups is 1. The maximum absolute atomic E-state index is 13.5. The molecule has 8 heteroatoms. The van der Waals surface area contributed by atoms with Crippen molar-refractivity contribution in [2.75, 3.05) is 6.54 Å². The lowest BCUT2D eigenvalue weighted by atomic mass is 10.0. The van der Waals surface area contributed by atoms with E-state index in [9.17, 15) is 19.5 Å². The van der Waals surface area contributed by atoms with E-state index < -0.39 is 11.8 Å². The van der Waals surface area contributed by atoms with Crippen LogP contribution in [0.2, 0.25) is 0 Å². The van der Waals surface area contributed by atoms with E-state index in [0.29, 0.717) is 22.0 Å². The zero-order valence-corrected chi connectivity index (χ0v) is 17.7. The summed E-state index contributed by atoms with van der Waals surface area (Å²) < 4.78 is 1.54. The molecule has 33 heavy (non-hydrogen) atoms. The monoisotopic (exact) mass is 442 g/mol. The molecule has 4 aromatic rings. The number of hydrogen-bond donors (Lipinski definition) is 3. The molecule has 0 bridgehead atoms. The van der Waals surface area contributed by atoms with Crippen molar-refractivity contribution in [3.8, 4) is 16.9 Å². The minimum Gasteiger partial charge on any atom is -0.505 e. The molecule has 4 N–H and O–H groups in total. The molecule has 0 aliphatic heterocycles. The molecule has 0 radical (unpaired) electrons. The predicted molar refractivity (Wildman–Crippen MR) is 125 cm³/mol. The van der Waals surface area contributed by atoms with Gasteiger partial charge in [0.2, 0.25) is 5.91 Å². The van der Waals surface area contributed by atoms with Crippen LogP contribution in [0.3, 0.4) is 0 Å². The Labute approximate surface area is 189 Å². The van der Waals surface area contributed by atoms with Crippen LogP contribution in [0.4, 0.5) is 0 Å². The third kappa shape index (κ3) is 4.59. The highest BCUT2D eigenvalue weighted by atomic mass is 16.3. The molecule has 4 rings (SSSR count). The molecule has 0 unspecified atom stereocenters. The van der Waals surface area contributed by atoms with Gasteiger partial charge in [0.15, 0.2) is 11.4 Å². The maximum Gasteiger partial charge on any atom is 0.273 e. The van der Waals surface area contributed by atoms with E-state index in [1.165, 1.54) is 10.8 Å². The number of fused-ring (bicyclic) bond motifs is 1. The fourth-order valence-electron chi connectivity index (χ4n) is 3.62. The third-order valence-electron chi connectivity index (χ3n) is 5.27. The molecule has 166 valence electrons. The molecule has 0 atom stereocenters. The summed E-state index contributed by atoms with van der Waals surface area (Å²) in [5, 5.41) is 13.8. The number of nitrogens with two attached hydrogens (primary N) is 1. The van der Waals surface area contributed by atoms with Crippen molar-refractivity contribution >= 4 is 22.7 Å². The number of benzene rings is 2. The minimum absolute atomic E-state index is 0.0239. The fraction of sp³-hybridized carbons (Fsp3) is 0.120. The first-order valence-corrected chi connectivity index (χ1v) is 10.4. The van der Waals surface area contributed by atoms with Gasteiger partial charge in [-0.05, 0) is 17.2 Å². The number of hydrogen-bond acceptors (Lipinski definition) is 5. The molecule has 8 nitrogen and oxygen atoms in total. The topological polar surface area (TPSA) is 127 Å². The van der Waals surface area contributed by atoms with Crippen LogP contribution in [0.25, 0.3) is 22.0 Å². The van der Waals surface area contributed by atoms with Crippen molar-refractivity contribution in [2.24, 2.45) is 5.73 Å². The summed E-state index contributed by atoms with van der Waals surface area (Å²) in [5.41, 5.74) is 7.04. The number of nitrogens with one attached hydrogen (secondary N) is 1. The highest BCUT2D eigenvalue weighted by Crippen LogP contribution is 2.30. The maximum atomic E-state index is 13.5. The zero-order chi connectivity index (χ0) is 23.4. The molecule has 2 heterocycles. The minimum atomic E-state index is -0.641. The van der Waals surface area contributed by atoms with Crippen molar-refractivity contribution in [1.82, 2.24) is 14.9 Å². The second kappa shape index (κ2) is 9.35. The van der Waals surface area contributed by atoms with Gasteiger partial charge in [-0.2, -0.15) is 0 Å². The van der Waals surface area contributed by atoms with Crippen LogP contribution in [0.1, 0.15) is 22.5 Å². The summed E-state index contributed by atoms with van der Waals surface area (Å²) in [4.78, 5) is 41.0. The molecule has 0 aliphatic rings. The van der Waals surface area contributed by atoms with Gasteiger partial charge < -0.3 is 20.7 Å². The van der Waals surface area contributed by atoms with Gasteiger partial charge in [-0.25, -0.2) is 4.98 Å². The normalized spacial score (nSPS) is 10.8. The lowest BCUT2D eigenvalue weighted by Crippen LogP contribution is -2.29. The Morgan fingerprint density at radius 2 is 1.70 bits per heavy atom. The Morgan fingerprint density at radius 3 is 2.36 bits per heavy atom. The Hall–Kier alpha value is -4.46. The Kier molecular flexibility index (Phi) is 6.17. The summed E-state index contributed by atoms with van der Waals surface area (Å²) in [6, 6.07) is 20.2. The average molecular weight is 442 g/mol. The lowest BCUT2D eigenvalue weighted by molar-refractivity contribution is -0.117. The second-order valence-corrected chi connectivity index (χ2v) is 7.53. The van der Waals surface area contributed by atoms with E-state index in [2.05, 4.69) is 10.3 Å². The fourth-order valence-corrected chi connectivity index (χ4v) is 3.62. The first-order valence-electron chi connectivity index (χ1n) is 10.4. The van der Waals surface area contributed by atoms with Gasteiger partial charge in [0.25, 0.3) is 11.5 Å². The smallest absolute Gasteiger partial charge is 0.273 e. The number of nitrogens with zero attached hydrogens (tertiary/aromatic N) is 2. The van der Waals surface area contributed by atoms with Crippen molar-refractivity contribution in [2.45, 2.75) is 13.0 Å². The van der Waals surface area contributed by atoms with Crippen LogP contribution >= 0.6 is 0 Å². The van der Waals surface area contributed by atoms with Crippen LogP contribution < -0.4 is 16.6 Å². The van der Waals surface area contributed by atoms with Crippen molar-refractivity contribution in [1.29, 1.82) is 0 Å². The Bertz CT molecular complexity index is 1380. The summed E-state index contributed by atoms with van der Waals surface area (Å²) in [6.45, 7) is 0.290. The number of primary amides is 1. The zero-order valence-electron chi connectivity index (χ0n) is 17.7. The number of carbonyl (C=O) groups is 2. The van der Waals surface area contributed by atoms with Crippen molar-refractivity contribution in [3.05, 3.63) is 94.5 Å². The van der Waals surface area contributed by atoms with E-state index in [4.69, 9.17) is 5.73 Å². The van der Waals surface area contributed by atoms with Gasteiger partial charge in [0.1, 0.15) is 0 Å². The number of rotatable bonds is 7. The van der Waals surface area contributed by atoms with Crippen LogP contribution in [-0.2, 0) is 11.3 Å². The van der Waals surface area contributed by atoms with E-state index in [0.717, 1.165) is 5.56 Å². The van der Waals surface area contributed by atoms with Crippen molar-refractivity contribution < 1.29 is 14.7 Å². The molecule has 0 saturated heterocycles. The van der Waals surface area contributed by atoms with Gasteiger partial charge >= 0.3 is 0 Å². The predicted octanol–water partition coefficient (Wildman–Crippen LogP) is 2.42. The molecule has 0 saturated carbocycles. The number of aromatic nitrogens is 2. The van der Waals surface area contributed by atoms with E-state index >= 15 is 0 Å². The highest BCUT2D eigenvalue weighted by molar-refractivity contribution is 6.01. The Balaban J connectivity index is 1.87. The van der Waals surface area contributed by atoms with Gasteiger partial charge in [-0.1, -0.05) is 60.7 Å². The van der Waals surface area contributed by atoms with Crippen LogP contribution in [-0.4, -0.2) is 33.0 Å². The molecule has 0 spiro atoms. The highest BCUT2D eigenvalue weighted by Gasteiger charge is 2.20. The molecule has 0 aliphatic carbocycles. The van der Waals surface area contributed by atoms with E-state index in [-0.39, 0.29) is 36.5 Å². The first kappa shape index (κ1) is 21.8. The molecule has 0 fully saturated rings. The number of carbonyl (C=O) groups excluding carboxylic acids is 2. The standard InChI is InChI=1S/C25H22N4O4/c26-21(30)11-12-27-24(32)22-23(31)19-13-18(17-9-5-2-6-10-17)25(33)29(20(19)14-28-22)15-16-7-3-1-4-8-16/h1-10,13-14,31H,11-12,15H2,(H2,26,30)(H,27,32). The average Bonchev–Trinajstić information content (AvgIpc) is 2.82. The third-order valence-corrected chi connectivity index (χ3v) is 5.27. The van der Waals surface area contributed by atoms with Gasteiger partial charge in [0.05, 0.1) is 18.3 Å². The van der Waals surface area contributed by atoms with Crippen LogP contribution in [0, 0.1) is 0 Å². The summed E-state index contributed by atoms with van der Waals surface area (Å²) in [7, 11) is 0. The molecular formula is C25H22N4O4. The van der Waals surface area contributed by atoms with E-state index in [1.54, 1.807) is 6.07 Å². The van der Waals surface area contributed by atoms with E-state index in [1.807, 2.05) is 60.7 Å². The summed E-state index contributed by atoms with van der Waals surface area (Å²) in [6.07, 6.45) is 1.37. The summed E-state index contributed by atoms with van der Waals surface area (Å²) in [5.74, 6) is -1.54. The van der Waals surface area contributed by atoms with Crippen LogP contribution in [0.15, 0.2) is 77.7 Å². The molecule has 2 amide bonds. The summed E-state index contributed by atoms with van der Waals surface area (Å²) >= 11 is 0. The lowest BCUT2D eigenvalue weighted by Gasteiger charge is -2.15. The van der Waals surface area contributed by atoms with Gasteiger partial charge in [-0.15, -0.1) is 0 Å². The SMILES string of the molecule is NC(=O)CCNC(=O)c1ncc2c(cc(-c3ccccc3)c(=O)n2Cc2ccccc2)c1O. The van der Waals surface area contributed by atoms with Gasteiger partial charge in [0, 0.05) is 23.9 Å². The molecule has 2 aromatic carbocycles.